The highest BCUT2D eigenvalue weighted by molar-refractivity contribution is 6.31. The lowest BCUT2D eigenvalue weighted by molar-refractivity contribution is -0.140. The van der Waals surface area contributed by atoms with Crippen LogP contribution in [0.1, 0.15) is 17.5 Å². The highest BCUT2D eigenvalue weighted by Crippen LogP contribution is 2.17. The van der Waals surface area contributed by atoms with Gasteiger partial charge in [0.25, 0.3) is 0 Å². The quantitative estimate of drug-likeness (QED) is 0.666. The van der Waals surface area contributed by atoms with Crippen LogP contribution in [0.2, 0.25) is 5.02 Å². The van der Waals surface area contributed by atoms with Crippen LogP contribution in [0.15, 0.2) is 24.3 Å². The molecule has 0 aliphatic heterocycles. The van der Waals surface area contributed by atoms with Crippen LogP contribution in [0.4, 0.5) is 0 Å². The average molecular weight is 282 g/mol. The summed E-state index contributed by atoms with van der Waals surface area (Å²) >= 11 is 5.98. The number of amides is 1. The van der Waals surface area contributed by atoms with Crippen molar-refractivity contribution in [2.75, 3.05) is 13.7 Å². The van der Waals surface area contributed by atoms with E-state index in [-0.39, 0.29) is 24.8 Å². The predicted molar refractivity (Wildman–Crippen MR) is 74.9 cm³/mol. The molecule has 19 heavy (non-hydrogen) atoms. The van der Waals surface area contributed by atoms with Crippen LogP contribution in [0.25, 0.3) is 6.08 Å². The zero-order valence-corrected chi connectivity index (χ0v) is 11.7. The number of methoxy groups -OCH3 is 1. The van der Waals surface area contributed by atoms with Gasteiger partial charge in [0.2, 0.25) is 5.91 Å². The molecule has 1 N–H and O–H groups in total. The number of rotatable bonds is 5. The summed E-state index contributed by atoms with van der Waals surface area (Å²) in [5, 5.41) is 3.24. The van der Waals surface area contributed by atoms with Crippen molar-refractivity contribution in [3.8, 4) is 0 Å². The van der Waals surface area contributed by atoms with Crippen molar-refractivity contribution in [2.45, 2.75) is 13.3 Å². The molecule has 0 unspecified atom stereocenters. The van der Waals surface area contributed by atoms with Crippen LogP contribution < -0.4 is 5.32 Å². The van der Waals surface area contributed by atoms with E-state index >= 15 is 0 Å². The Morgan fingerprint density at radius 2 is 2.16 bits per heavy atom. The van der Waals surface area contributed by atoms with E-state index in [2.05, 4.69) is 10.1 Å². The molecule has 1 rings (SSSR count). The third-order valence-electron chi connectivity index (χ3n) is 2.48. The molecule has 0 aromatic heterocycles. The molecule has 1 aromatic rings. The molecule has 5 heteroatoms. The molecule has 0 fully saturated rings. The van der Waals surface area contributed by atoms with E-state index in [0.29, 0.717) is 5.02 Å². The summed E-state index contributed by atoms with van der Waals surface area (Å²) in [4.78, 5) is 22.3. The third kappa shape index (κ3) is 5.57. The zero-order valence-electron chi connectivity index (χ0n) is 10.9. The normalized spacial score (nSPS) is 10.5. The van der Waals surface area contributed by atoms with Gasteiger partial charge in [-0.3, -0.25) is 9.59 Å². The molecule has 0 saturated heterocycles. The second kappa shape index (κ2) is 7.59. The second-order valence-corrected chi connectivity index (χ2v) is 4.37. The Balaban J connectivity index is 2.45. The van der Waals surface area contributed by atoms with Crippen LogP contribution in [-0.4, -0.2) is 25.5 Å². The molecule has 0 bridgehead atoms. The van der Waals surface area contributed by atoms with E-state index in [1.54, 1.807) is 12.1 Å². The van der Waals surface area contributed by atoms with Crippen LogP contribution in [-0.2, 0) is 14.3 Å². The van der Waals surface area contributed by atoms with Crippen LogP contribution in [0.3, 0.4) is 0 Å². The number of benzene rings is 1. The van der Waals surface area contributed by atoms with Gasteiger partial charge in [-0.2, -0.15) is 0 Å². The first-order chi connectivity index (χ1) is 9.02. The minimum Gasteiger partial charge on any atom is -0.469 e. The Bertz CT molecular complexity index is 497. The second-order valence-electron chi connectivity index (χ2n) is 3.96. The summed E-state index contributed by atoms with van der Waals surface area (Å²) < 4.78 is 4.46. The molecule has 0 aliphatic carbocycles. The van der Waals surface area contributed by atoms with Crippen molar-refractivity contribution in [3.63, 3.8) is 0 Å². The van der Waals surface area contributed by atoms with Crippen molar-refractivity contribution in [1.29, 1.82) is 0 Å². The number of carbonyl (C=O) groups excluding carboxylic acids is 2. The lowest BCUT2D eigenvalue weighted by Gasteiger charge is -2.01. The first kappa shape index (κ1) is 15.2. The molecule has 4 nitrogen and oxygen atoms in total. The summed E-state index contributed by atoms with van der Waals surface area (Å²) in [6, 6.07) is 5.55. The van der Waals surface area contributed by atoms with Gasteiger partial charge in [0.1, 0.15) is 0 Å². The smallest absolute Gasteiger partial charge is 0.307 e. The number of aryl methyl sites for hydroxylation is 1. The summed E-state index contributed by atoms with van der Waals surface area (Å²) in [6.07, 6.45) is 3.23. The minimum absolute atomic E-state index is 0.159. The lowest BCUT2D eigenvalue weighted by atomic mass is 10.1. The van der Waals surface area contributed by atoms with Crippen molar-refractivity contribution >= 4 is 29.6 Å². The summed E-state index contributed by atoms with van der Waals surface area (Å²) in [7, 11) is 1.31. The van der Waals surface area contributed by atoms with E-state index < -0.39 is 0 Å². The number of hydrogen-bond acceptors (Lipinski definition) is 3. The van der Waals surface area contributed by atoms with E-state index in [4.69, 9.17) is 11.6 Å². The summed E-state index contributed by atoms with van der Waals surface area (Å²) in [5.74, 6) is -0.616. The SMILES string of the molecule is COC(=O)CCNC(=O)C=Cc1ccc(C)c(Cl)c1. The molecule has 0 aliphatic rings. The molecule has 1 amide bonds. The Morgan fingerprint density at radius 1 is 1.42 bits per heavy atom. The molecule has 0 radical (unpaired) electrons. The topological polar surface area (TPSA) is 55.4 Å². The van der Waals surface area contributed by atoms with Crippen molar-refractivity contribution in [3.05, 3.63) is 40.4 Å². The van der Waals surface area contributed by atoms with Gasteiger partial charge in [-0.25, -0.2) is 0 Å². The molecule has 0 saturated carbocycles. The van der Waals surface area contributed by atoms with Gasteiger partial charge < -0.3 is 10.1 Å². The van der Waals surface area contributed by atoms with Crippen LogP contribution in [0, 0.1) is 6.92 Å². The fraction of sp³-hybridized carbons (Fsp3) is 0.286. The number of ether oxygens (including phenoxy) is 1. The number of carbonyl (C=O) groups is 2. The Hall–Kier alpha value is -1.81. The maximum absolute atomic E-state index is 11.5. The number of halogens is 1. The van der Waals surface area contributed by atoms with Gasteiger partial charge in [-0.1, -0.05) is 23.7 Å². The number of nitrogens with one attached hydrogen (secondary N) is 1. The largest absolute Gasteiger partial charge is 0.469 e. The number of hydrogen-bond donors (Lipinski definition) is 1. The lowest BCUT2D eigenvalue weighted by Crippen LogP contribution is -2.24. The summed E-state index contributed by atoms with van der Waals surface area (Å²) in [5.41, 5.74) is 1.83. The van der Waals surface area contributed by atoms with Crippen LogP contribution >= 0.6 is 11.6 Å². The third-order valence-corrected chi connectivity index (χ3v) is 2.89. The molecule has 0 spiro atoms. The molecule has 0 heterocycles. The van der Waals surface area contributed by atoms with E-state index in [1.807, 2.05) is 19.1 Å². The van der Waals surface area contributed by atoms with Gasteiger partial charge in [-0.15, -0.1) is 0 Å². The molecule has 0 atom stereocenters. The van der Waals surface area contributed by atoms with Crippen molar-refractivity contribution in [2.24, 2.45) is 0 Å². The fourth-order valence-electron chi connectivity index (χ4n) is 1.33. The average Bonchev–Trinajstić information content (AvgIpc) is 2.40. The van der Waals surface area contributed by atoms with Crippen LogP contribution in [0.5, 0.6) is 0 Å². The van der Waals surface area contributed by atoms with E-state index in [9.17, 15) is 9.59 Å². The monoisotopic (exact) mass is 281 g/mol. The van der Waals surface area contributed by atoms with E-state index in [0.717, 1.165) is 11.1 Å². The minimum atomic E-state index is -0.352. The standard InChI is InChI=1S/C14H16ClNO3/c1-10-3-4-11(9-12(10)15)5-6-13(17)16-8-7-14(18)19-2/h3-6,9H,7-8H2,1-2H3,(H,16,17). The Morgan fingerprint density at radius 3 is 2.79 bits per heavy atom. The predicted octanol–water partition coefficient (Wildman–Crippen LogP) is 2.34. The van der Waals surface area contributed by atoms with Gasteiger partial charge in [0.05, 0.1) is 13.5 Å². The van der Waals surface area contributed by atoms with E-state index in [1.165, 1.54) is 13.2 Å². The fourth-order valence-corrected chi connectivity index (χ4v) is 1.52. The maximum atomic E-state index is 11.5. The molecular formula is C14H16ClNO3. The number of esters is 1. The molecule has 102 valence electrons. The Labute approximate surface area is 117 Å². The van der Waals surface area contributed by atoms with Gasteiger partial charge in [0, 0.05) is 17.6 Å². The van der Waals surface area contributed by atoms with Gasteiger partial charge >= 0.3 is 5.97 Å². The Kier molecular flexibility index (Phi) is 6.09. The first-order valence-electron chi connectivity index (χ1n) is 5.82. The van der Waals surface area contributed by atoms with Gasteiger partial charge in [-0.05, 0) is 30.2 Å². The highest BCUT2D eigenvalue weighted by atomic mass is 35.5. The molecule has 1 aromatic carbocycles. The maximum Gasteiger partial charge on any atom is 0.307 e. The highest BCUT2D eigenvalue weighted by Gasteiger charge is 2.01. The zero-order chi connectivity index (χ0) is 14.3. The van der Waals surface area contributed by atoms with Crippen molar-refractivity contribution in [1.82, 2.24) is 5.32 Å². The van der Waals surface area contributed by atoms with Crippen molar-refractivity contribution < 1.29 is 14.3 Å². The summed E-state index contributed by atoms with van der Waals surface area (Å²) in [6.45, 7) is 2.17. The first-order valence-corrected chi connectivity index (χ1v) is 6.19. The molecular weight excluding hydrogens is 266 g/mol. The van der Waals surface area contributed by atoms with Gasteiger partial charge in [0.15, 0.2) is 0 Å².